The van der Waals surface area contributed by atoms with Crippen LogP contribution in [0.5, 0.6) is 0 Å². The normalized spacial score (nSPS) is 17.1. The molecule has 0 bridgehead atoms. The molecule has 3 atom stereocenters. The van der Waals surface area contributed by atoms with Crippen LogP contribution in [0.15, 0.2) is 0 Å². The summed E-state index contributed by atoms with van der Waals surface area (Å²) in [5.41, 5.74) is -2.20. The number of halogens is 17. The van der Waals surface area contributed by atoms with Gasteiger partial charge in [-0.05, 0) is 40.5 Å². The standard InChI is InChI=1S/C22H29F17O6/c1-6-15(2,3)40-8-7-16(4,5)41-9-11(10-42-18(29,30)13(25)44-17(27,28)12(23)24)43-19(31,32)14(26)45-22(38,39)20(33,34)21(35,36)37/h11-14H,6-10H2,1-5H3. The highest BCUT2D eigenvalue weighted by atomic mass is 19.4. The van der Waals surface area contributed by atoms with E-state index in [4.69, 9.17) is 9.47 Å². The molecule has 0 amide bonds. The van der Waals surface area contributed by atoms with Crippen LogP contribution in [0, 0.1) is 0 Å². The molecule has 23 heteroatoms. The maximum atomic E-state index is 14.2. The predicted molar refractivity (Wildman–Crippen MR) is 115 cm³/mol. The highest BCUT2D eigenvalue weighted by Crippen LogP contribution is 2.48. The lowest BCUT2D eigenvalue weighted by molar-refractivity contribution is -0.469. The van der Waals surface area contributed by atoms with E-state index in [9.17, 15) is 74.6 Å². The van der Waals surface area contributed by atoms with Gasteiger partial charge in [0.2, 0.25) is 0 Å². The van der Waals surface area contributed by atoms with E-state index in [2.05, 4.69) is 18.9 Å². The zero-order valence-electron chi connectivity index (χ0n) is 23.7. The van der Waals surface area contributed by atoms with E-state index >= 15 is 0 Å². The molecular weight excluding hydrogens is 683 g/mol. The van der Waals surface area contributed by atoms with E-state index < -0.39 is 86.2 Å². The van der Waals surface area contributed by atoms with Crippen LogP contribution in [0.2, 0.25) is 0 Å². The van der Waals surface area contributed by atoms with E-state index in [1.807, 2.05) is 0 Å². The highest BCUT2D eigenvalue weighted by Gasteiger charge is 2.76. The summed E-state index contributed by atoms with van der Waals surface area (Å²) in [4.78, 5) is 0. The Morgan fingerprint density at radius 2 is 1.00 bits per heavy atom. The summed E-state index contributed by atoms with van der Waals surface area (Å²) in [6.07, 6.45) is -49.1. The topological polar surface area (TPSA) is 55.4 Å². The molecule has 0 radical (unpaired) electrons. The number of hydrogen-bond acceptors (Lipinski definition) is 6. The van der Waals surface area contributed by atoms with Crippen LogP contribution >= 0.6 is 0 Å². The van der Waals surface area contributed by atoms with Crippen molar-refractivity contribution in [1.82, 2.24) is 0 Å². The molecule has 0 aromatic heterocycles. The lowest BCUT2D eigenvalue weighted by Gasteiger charge is -2.34. The monoisotopic (exact) mass is 712 g/mol. The first-order valence-corrected chi connectivity index (χ1v) is 12.2. The van der Waals surface area contributed by atoms with Crippen molar-refractivity contribution in [3.05, 3.63) is 0 Å². The molecule has 0 heterocycles. The zero-order chi connectivity index (χ0) is 36.1. The Kier molecular flexibility index (Phi) is 14.7. The summed E-state index contributed by atoms with van der Waals surface area (Å²) in [7, 11) is 0. The minimum atomic E-state index is -7.25. The summed E-state index contributed by atoms with van der Waals surface area (Å²) in [6, 6.07) is 0. The van der Waals surface area contributed by atoms with Crippen LogP contribution in [0.3, 0.4) is 0 Å². The Balaban J connectivity index is 5.95. The SMILES string of the molecule is CCC(C)(C)OCCC(C)(C)OCC(COC(F)(F)C(F)OC(F)(F)C(F)F)OC(F)(F)C(F)OC(F)(F)C(F)(F)C(F)(F)F. The Morgan fingerprint density at radius 1 is 0.533 bits per heavy atom. The van der Waals surface area contributed by atoms with Crippen LogP contribution < -0.4 is 0 Å². The van der Waals surface area contributed by atoms with Crippen molar-refractivity contribution in [3.8, 4) is 0 Å². The molecule has 272 valence electrons. The quantitative estimate of drug-likeness (QED) is 0.112. The first-order chi connectivity index (χ1) is 19.8. The van der Waals surface area contributed by atoms with E-state index in [1.54, 1.807) is 20.8 Å². The van der Waals surface area contributed by atoms with Crippen LogP contribution in [0.25, 0.3) is 0 Å². The van der Waals surface area contributed by atoms with Crippen molar-refractivity contribution < 1.29 is 103 Å². The van der Waals surface area contributed by atoms with Gasteiger partial charge in [0.1, 0.15) is 6.10 Å². The van der Waals surface area contributed by atoms with Crippen LogP contribution in [-0.2, 0) is 28.4 Å². The van der Waals surface area contributed by atoms with E-state index in [-0.39, 0.29) is 13.0 Å². The summed E-state index contributed by atoms with van der Waals surface area (Å²) in [5.74, 6) is -7.25. The highest BCUT2D eigenvalue weighted by molar-refractivity contribution is 4.86. The van der Waals surface area contributed by atoms with E-state index in [0.717, 1.165) is 0 Å². The molecule has 0 aromatic carbocycles. The molecule has 0 spiro atoms. The fraction of sp³-hybridized carbons (Fsp3) is 1.00. The van der Waals surface area contributed by atoms with Gasteiger partial charge >= 0.3 is 43.0 Å². The maximum absolute atomic E-state index is 14.2. The van der Waals surface area contributed by atoms with Gasteiger partial charge in [-0.25, -0.2) is 17.6 Å². The third-order valence-corrected chi connectivity index (χ3v) is 5.51. The van der Waals surface area contributed by atoms with Crippen molar-refractivity contribution in [2.75, 3.05) is 19.8 Å². The molecule has 0 aliphatic heterocycles. The molecule has 0 rings (SSSR count). The molecule has 0 aromatic rings. The van der Waals surface area contributed by atoms with Crippen molar-refractivity contribution in [2.24, 2.45) is 0 Å². The number of ether oxygens (including phenoxy) is 6. The molecule has 0 N–H and O–H groups in total. The van der Waals surface area contributed by atoms with Crippen molar-refractivity contribution in [2.45, 2.75) is 120 Å². The maximum Gasteiger partial charge on any atom is 0.462 e. The first kappa shape index (κ1) is 43.6. The van der Waals surface area contributed by atoms with Gasteiger partial charge in [-0.1, -0.05) is 6.92 Å². The Bertz CT molecular complexity index is 898. The summed E-state index contributed by atoms with van der Waals surface area (Å²) < 4.78 is 245. The fourth-order valence-corrected chi connectivity index (χ4v) is 2.42. The molecular formula is C22H29F17O6. The van der Waals surface area contributed by atoms with Gasteiger partial charge in [0.05, 0.1) is 31.0 Å². The summed E-state index contributed by atoms with van der Waals surface area (Å²) >= 11 is 0. The first-order valence-electron chi connectivity index (χ1n) is 12.2. The van der Waals surface area contributed by atoms with Gasteiger partial charge in [0, 0.05) is 0 Å². The second-order valence-electron chi connectivity index (χ2n) is 10.3. The number of hydrogen-bond donors (Lipinski definition) is 0. The minimum Gasteiger partial charge on any atom is -0.375 e. The largest absolute Gasteiger partial charge is 0.462 e. The summed E-state index contributed by atoms with van der Waals surface area (Å²) in [5, 5.41) is 0. The Labute approximate surface area is 244 Å². The molecule has 0 saturated heterocycles. The van der Waals surface area contributed by atoms with Gasteiger partial charge in [-0.3, -0.25) is 9.47 Å². The van der Waals surface area contributed by atoms with Crippen LogP contribution in [0.1, 0.15) is 47.5 Å². The van der Waals surface area contributed by atoms with Crippen molar-refractivity contribution >= 4 is 0 Å². The van der Waals surface area contributed by atoms with Crippen LogP contribution in [-0.4, -0.2) is 92.8 Å². The van der Waals surface area contributed by atoms with Gasteiger partial charge in [-0.15, -0.1) is 0 Å². The third kappa shape index (κ3) is 13.3. The van der Waals surface area contributed by atoms with Crippen molar-refractivity contribution in [3.63, 3.8) is 0 Å². The number of rotatable bonds is 21. The van der Waals surface area contributed by atoms with Gasteiger partial charge < -0.3 is 18.9 Å². The molecule has 0 saturated carbocycles. The minimum absolute atomic E-state index is 0.119. The second kappa shape index (κ2) is 15.2. The molecule has 45 heavy (non-hydrogen) atoms. The zero-order valence-corrected chi connectivity index (χ0v) is 23.7. The third-order valence-electron chi connectivity index (χ3n) is 5.51. The second-order valence-corrected chi connectivity index (χ2v) is 10.3. The molecule has 3 unspecified atom stereocenters. The Morgan fingerprint density at radius 3 is 1.44 bits per heavy atom. The molecule has 0 aliphatic carbocycles. The van der Waals surface area contributed by atoms with E-state index in [1.165, 1.54) is 13.8 Å². The molecule has 0 aliphatic rings. The van der Waals surface area contributed by atoms with Gasteiger partial charge in [-0.2, -0.15) is 57.1 Å². The van der Waals surface area contributed by atoms with E-state index in [0.29, 0.717) is 6.42 Å². The number of alkyl halides is 17. The molecule has 6 nitrogen and oxygen atoms in total. The van der Waals surface area contributed by atoms with Crippen molar-refractivity contribution in [1.29, 1.82) is 0 Å². The van der Waals surface area contributed by atoms with Crippen LogP contribution in [0.4, 0.5) is 74.6 Å². The smallest absolute Gasteiger partial charge is 0.375 e. The van der Waals surface area contributed by atoms with Gasteiger partial charge in [0.25, 0.3) is 12.7 Å². The fourth-order valence-electron chi connectivity index (χ4n) is 2.42. The van der Waals surface area contributed by atoms with Gasteiger partial charge in [0.15, 0.2) is 0 Å². The predicted octanol–water partition coefficient (Wildman–Crippen LogP) is 8.24. The Hall–Kier alpha value is -1.43. The average molecular weight is 712 g/mol. The summed E-state index contributed by atoms with van der Waals surface area (Å²) in [6.45, 7) is 3.64. The average Bonchev–Trinajstić information content (AvgIpc) is 2.83. The lowest BCUT2D eigenvalue weighted by Crippen LogP contribution is -2.56. The lowest BCUT2D eigenvalue weighted by atomic mass is 10.0. The molecule has 0 fully saturated rings.